The fourth-order valence-corrected chi connectivity index (χ4v) is 3.18. The Morgan fingerprint density at radius 1 is 1.16 bits per heavy atom. The molecule has 0 fully saturated rings. The monoisotopic (exact) mass is 420 g/mol. The molecule has 0 aliphatic heterocycles. The van der Waals surface area contributed by atoms with E-state index in [4.69, 9.17) is 19.4 Å². The highest BCUT2D eigenvalue weighted by Gasteiger charge is 2.29. The number of carbonyl (C=O) groups is 1. The van der Waals surface area contributed by atoms with Crippen molar-refractivity contribution in [3.05, 3.63) is 71.6 Å². The van der Waals surface area contributed by atoms with Gasteiger partial charge in [-0.2, -0.15) is 0 Å². The molecule has 0 aliphatic carbocycles. The van der Waals surface area contributed by atoms with Gasteiger partial charge >= 0.3 is 0 Å². The van der Waals surface area contributed by atoms with Gasteiger partial charge in [0.1, 0.15) is 29.5 Å². The van der Waals surface area contributed by atoms with E-state index in [2.05, 4.69) is 15.5 Å². The van der Waals surface area contributed by atoms with Crippen molar-refractivity contribution >= 4 is 23.9 Å². The normalized spacial score (nSPS) is 12.9. The van der Waals surface area contributed by atoms with Crippen LogP contribution in [0.4, 0.5) is 5.69 Å². The molecule has 0 aliphatic rings. The first-order valence-corrected chi connectivity index (χ1v) is 9.57. The Morgan fingerprint density at radius 2 is 1.84 bits per heavy atom. The predicted molar refractivity (Wildman–Crippen MR) is 119 cm³/mol. The molecule has 0 saturated carbocycles. The minimum Gasteiger partial charge on any atom is -0.497 e. The zero-order valence-electron chi connectivity index (χ0n) is 17.5. The van der Waals surface area contributed by atoms with E-state index < -0.39 is 12.0 Å². The van der Waals surface area contributed by atoms with Crippen LogP contribution < -0.4 is 14.8 Å². The zero-order chi connectivity index (χ0) is 22.2. The number of aromatic nitrogens is 1. The lowest BCUT2D eigenvalue weighted by Crippen LogP contribution is -2.23. The highest BCUT2D eigenvalue weighted by molar-refractivity contribution is 6.05. The molecule has 31 heavy (non-hydrogen) atoms. The number of hydrogen-bond donors (Lipinski definition) is 2. The number of methoxy groups -OCH3 is 2. The number of benzene rings is 2. The lowest BCUT2D eigenvalue weighted by molar-refractivity contribution is 0.0968. The largest absolute Gasteiger partial charge is 0.497 e. The molecule has 0 bridgehead atoms. The van der Waals surface area contributed by atoms with Crippen molar-refractivity contribution in [1.82, 2.24) is 5.16 Å². The predicted octanol–water partition coefficient (Wildman–Crippen LogP) is 4.16. The van der Waals surface area contributed by atoms with Gasteiger partial charge in [-0.05, 0) is 5.56 Å². The molecule has 1 heterocycles. The third-order valence-electron chi connectivity index (χ3n) is 4.73. The van der Waals surface area contributed by atoms with E-state index in [0.717, 1.165) is 5.56 Å². The van der Waals surface area contributed by atoms with E-state index in [-0.39, 0.29) is 11.3 Å². The zero-order valence-corrected chi connectivity index (χ0v) is 17.5. The van der Waals surface area contributed by atoms with E-state index in [0.29, 0.717) is 22.9 Å². The molecular formula is C23H24N4O4. The lowest BCUT2D eigenvalue weighted by atomic mass is 9.94. The van der Waals surface area contributed by atoms with Crippen molar-refractivity contribution in [3.8, 4) is 11.5 Å². The number of ether oxygens (including phenoxy) is 2. The SMILES string of the molecule is CN=CC(C=N)c1nocc1C(=O)C(Nc1cc(OC)cc(OC)c1)c1ccccc1. The van der Waals surface area contributed by atoms with Crippen LogP contribution >= 0.6 is 0 Å². The number of carbonyl (C=O) groups excluding carboxylic acids is 1. The summed E-state index contributed by atoms with van der Waals surface area (Å²) in [6.07, 6.45) is 4.01. The molecule has 0 amide bonds. The van der Waals surface area contributed by atoms with Crippen LogP contribution in [0.5, 0.6) is 11.5 Å². The fraction of sp³-hybridized carbons (Fsp3) is 0.217. The van der Waals surface area contributed by atoms with Crippen LogP contribution in [0, 0.1) is 5.41 Å². The summed E-state index contributed by atoms with van der Waals surface area (Å²) in [6.45, 7) is 0. The Balaban J connectivity index is 2.03. The van der Waals surface area contributed by atoms with Gasteiger partial charge in [-0.25, -0.2) is 0 Å². The number of anilines is 1. The molecule has 2 atom stereocenters. The summed E-state index contributed by atoms with van der Waals surface area (Å²) in [7, 11) is 4.73. The van der Waals surface area contributed by atoms with Gasteiger partial charge in [-0.15, -0.1) is 0 Å². The van der Waals surface area contributed by atoms with Crippen molar-refractivity contribution < 1.29 is 18.8 Å². The van der Waals surface area contributed by atoms with Crippen LogP contribution in [0.2, 0.25) is 0 Å². The molecule has 8 heteroatoms. The molecule has 0 saturated heterocycles. The number of hydrogen-bond acceptors (Lipinski definition) is 8. The molecule has 2 unspecified atom stereocenters. The molecule has 8 nitrogen and oxygen atoms in total. The van der Waals surface area contributed by atoms with Crippen LogP contribution in [-0.2, 0) is 0 Å². The Labute approximate surface area is 180 Å². The third-order valence-corrected chi connectivity index (χ3v) is 4.73. The minimum absolute atomic E-state index is 0.249. The topological polar surface area (TPSA) is 110 Å². The molecule has 1 aromatic heterocycles. The van der Waals surface area contributed by atoms with Crippen molar-refractivity contribution in [2.75, 3.05) is 26.6 Å². The second kappa shape index (κ2) is 10.2. The average molecular weight is 420 g/mol. The molecule has 2 N–H and O–H groups in total. The average Bonchev–Trinajstić information content (AvgIpc) is 3.30. The van der Waals surface area contributed by atoms with Crippen molar-refractivity contribution in [2.24, 2.45) is 4.99 Å². The first kappa shape index (κ1) is 21.8. The summed E-state index contributed by atoms with van der Waals surface area (Å²) < 4.78 is 15.8. The first-order chi connectivity index (χ1) is 15.1. The number of nitrogens with zero attached hydrogens (tertiary/aromatic N) is 2. The Kier molecular flexibility index (Phi) is 7.16. The van der Waals surface area contributed by atoms with Crippen LogP contribution in [0.3, 0.4) is 0 Å². The van der Waals surface area contributed by atoms with Gasteiger partial charge in [0.25, 0.3) is 0 Å². The third kappa shape index (κ3) is 4.98. The van der Waals surface area contributed by atoms with Crippen LogP contribution in [0.1, 0.15) is 33.6 Å². The molecule has 160 valence electrons. The maximum absolute atomic E-state index is 13.6. The summed E-state index contributed by atoms with van der Waals surface area (Å²) in [5.41, 5.74) is 2.04. The van der Waals surface area contributed by atoms with Gasteiger partial charge in [0.05, 0.1) is 25.7 Å². The molecule has 2 aromatic carbocycles. The smallest absolute Gasteiger partial charge is 0.194 e. The van der Waals surface area contributed by atoms with Gasteiger partial charge in [0.2, 0.25) is 0 Å². The van der Waals surface area contributed by atoms with Gasteiger partial charge < -0.3 is 24.7 Å². The van der Waals surface area contributed by atoms with Crippen LogP contribution in [0.15, 0.2) is 64.3 Å². The summed E-state index contributed by atoms with van der Waals surface area (Å²) in [4.78, 5) is 17.6. The standard InChI is InChI=1S/C23H24N4O4/c1-25-13-16(12-24)21-20(14-31-27-21)23(28)22(15-7-5-4-6-8-15)26-17-9-18(29-2)11-19(10-17)30-3/h4-14,16,22,24,26H,1-3H3. The number of rotatable bonds is 10. The van der Waals surface area contributed by atoms with E-state index in [1.54, 1.807) is 45.7 Å². The number of ketones is 1. The number of aliphatic imine (C=N–C) groups is 1. The van der Waals surface area contributed by atoms with Gasteiger partial charge in [0.15, 0.2) is 5.78 Å². The number of Topliss-reactive ketones (excluding diaryl/α,β-unsaturated/α-hetero) is 1. The van der Waals surface area contributed by atoms with E-state index in [1.165, 1.54) is 12.5 Å². The summed E-state index contributed by atoms with van der Waals surface area (Å²) in [5, 5.41) is 14.9. The van der Waals surface area contributed by atoms with Crippen molar-refractivity contribution in [1.29, 1.82) is 5.41 Å². The summed E-state index contributed by atoms with van der Waals surface area (Å²) >= 11 is 0. The molecule has 3 aromatic rings. The molecule has 0 spiro atoms. The quantitative estimate of drug-likeness (QED) is 0.376. The van der Waals surface area contributed by atoms with E-state index in [9.17, 15) is 4.79 Å². The Morgan fingerprint density at radius 3 is 2.42 bits per heavy atom. The Hall–Kier alpha value is -3.94. The second-order valence-electron chi connectivity index (χ2n) is 6.67. The first-order valence-electron chi connectivity index (χ1n) is 9.57. The van der Waals surface area contributed by atoms with Gasteiger partial charge in [-0.3, -0.25) is 9.79 Å². The van der Waals surface area contributed by atoms with E-state index in [1.807, 2.05) is 30.3 Å². The lowest BCUT2D eigenvalue weighted by Gasteiger charge is -2.20. The highest BCUT2D eigenvalue weighted by Crippen LogP contribution is 2.31. The van der Waals surface area contributed by atoms with E-state index >= 15 is 0 Å². The minimum atomic E-state index is -0.735. The number of nitrogens with one attached hydrogen (secondary N) is 2. The molecule has 0 radical (unpaired) electrons. The van der Waals surface area contributed by atoms with Crippen molar-refractivity contribution in [3.63, 3.8) is 0 Å². The van der Waals surface area contributed by atoms with Crippen LogP contribution in [-0.4, -0.2) is 44.6 Å². The molecule has 3 rings (SSSR count). The highest BCUT2D eigenvalue weighted by atomic mass is 16.5. The van der Waals surface area contributed by atoms with Crippen molar-refractivity contribution in [2.45, 2.75) is 12.0 Å². The summed E-state index contributed by atoms with van der Waals surface area (Å²) in [5.74, 6) is 0.376. The Bertz CT molecular complexity index is 1040. The fourth-order valence-electron chi connectivity index (χ4n) is 3.18. The van der Waals surface area contributed by atoms with Gasteiger partial charge in [0, 0.05) is 43.4 Å². The maximum atomic E-state index is 13.6. The summed E-state index contributed by atoms with van der Waals surface area (Å²) in [6, 6.07) is 13.9. The maximum Gasteiger partial charge on any atom is 0.194 e. The van der Waals surface area contributed by atoms with Crippen LogP contribution in [0.25, 0.3) is 0 Å². The van der Waals surface area contributed by atoms with Gasteiger partial charge in [-0.1, -0.05) is 35.5 Å². The molecular weight excluding hydrogens is 396 g/mol. The second-order valence-corrected chi connectivity index (χ2v) is 6.67.